The van der Waals surface area contributed by atoms with E-state index in [9.17, 15) is 4.79 Å². The maximum absolute atomic E-state index is 11.9. The van der Waals surface area contributed by atoms with Gasteiger partial charge in [0.2, 0.25) is 5.91 Å². The number of hydrogen-bond donors (Lipinski definition) is 0. The van der Waals surface area contributed by atoms with Crippen molar-refractivity contribution >= 4 is 22.8 Å². The number of benzene rings is 1. The highest BCUT2D eigenvalue weighted by atomic mass is 16.2. The molecule has 2 aromatic heterocycles. The molecule has 1 aromatic carbocycles. The second-order valence-electron chi connectivity index (χ2n) is 6.45. The van der Waals surface area contributed by atoms with Crippen LogP contribution in [0.25, 0.3) is 16.7 Å². The topological polar surface area (TPSA) is 67.2 Å². The number of para-hydroxylation sites is 1. The lowest BCUT2D eigenvalue weighted by molar-refractivity contribution is -0.131. The van der Waals surface area contributed by atoms with Crippen LogP contribution < -0.4 is 4.90 Å². The van der Waals surface area contributed by atoms with E-state index in [0.29, 0.717) is 6.42 Å². The van der Waals surface area contributed by atoms with E-state index < -0.39 is 0 Å². The van der Waals surface area contributed by atoms with Gasteiger partial charge in [0.05, 0.1) is 17.3 Å². The van der Waals surface area contributed by atoms with E-state index in [1.54, 1.807) is 0 Å². The van der Waals surface area contributed by atoms with Crippen LogP contribution in [-0.2, 0) is 4.79 Å². The monoisotopic (exact) mass is 350 g/mol. The molecule has 1 aliphatic heterocycles. The van der Waals surface area contributed by atoms with E-state index in [-0.39, 0.29) is 5.91 Å². The Kier molecular flexibility index (Phi) is 4.28. The van der Waals surface area contributed by atoms with E-state index in [1.165, 1.54) is 0 Å². The van der Waals surface area contributed by atoms with Crippen molar-refractivity contribution in [3.63, 3.8) is 0 Å². The van der Waals surface area contributed by atoms with E-state index >= 15 is 0 Å². The van der Waals surface area contributed by atoms with Crippen molar-refractivity contribution in [3.8, 4) is 5.69 Å². The number of rotatable bonds is 3. The first-order valence-electron chi connectivity index (χ1n) is 8.98. The average Bonchev–Trinajstić information content (AvgIpc) is 3.11. The predicted octanol–water partition coefficient (Wildman–Crippen LogP) is 2.18. The van der Waals surface area contributed by atoms with Gasteiger partial charge in [0.1, 0.15) is 11.6 Å². The van der Waals surface area contributed by atoms with Crippen molar-refractivity contribution in [2.45, 2.75) is 20.3 Å². The van der Waals surface area contributed by atoms with Crippen molar-refractivity contribution in [2.24, 2.45) is 0 Å². The van der Waals surface area contributed by atoms with E-state index in [0.717, 1.165) is 54.5 Å². The Morgan fingerprint density at radius 1 is 1.08 bits per heavy atom. The third-order valence-electron chi connectivity index (χ3n) is 4.76. The molecule has 1 aliphatic rings. The summed E-state index contributed by atoms with van der Waals surface area (Å²) in [6.45, 7) is 6.81. The molecule has 3 aromatic rings. The van der Waals surface area contributed by atoms with Crippen LogP contribution in [-0.4, -0.2) is 56.7 Å². The predicted molar refractivity (Wildman–Crippen MR) is 100 cm³/mol. The molecular formula is C19H22N6O. The number of aryl methyl sites for hydroxylation is 1. The first-order chi connectivity index (χ1) is 12.7. The second-order valence-corrected chi connectivity index (χ2v) is 6.45. The summed E-state index contributed by atoms with van der Waals surface area (Å²) in [7, 11) is 0. The van der Waals surface area contributed by atoms with Crippen LogP contribution in [0.15, 0.2) is 36.5 Å². The van der Waals surface area contributed by atoms with Gasteiger partial charge in [0.25, 0.3) is 0 Å². The summed E-state index contributed by atoms with van der Waals surface area (Å²) in [4.78, 5) is 25.4. The van der Waals surface area contributed by atoms with Gasteiger partial charge >= 0.3 is 0 Å². The molecule has 4 rings (SSSR count). The average molecular weight is 350 g/mol. The van der Waals surface area contributed by atoms with Gasteiger partial charge in [-0.1, -0.05) is 25.1 Å². The van der Waals surface area contributed by atoms with Crippen molar-refractivity contribution < 1.29 is 4.79 Å². The molecule has 7 heteroatoms. The van der Waals surface area contributed by atoms with Crippen LogP contribution in [0, 0.1) is 6.92 Å². The Morgan fingerprint density at radius 2 is 1.81 bits per heavy atom. The lowest BCUT2D eigenvalue weighted by Crippen LogP contribution is -2.49. The van der Waals surface area contributed by atoms with E-state index in [1.807, 2.05) is 60.0 Å². The second kappa shape index (κ2) is 6.74. The van der Waals surface area contributed by atoms with Gasteiger partial charge < -0.3 is 9.80 Å². The largest absolute Gasteiger partial charge is 0.352 e. The Morgan fingerprint density at radius 3 is 2.50 bits per heavy atom. The molecule has 7 nitrogen and oxygen atoms in total. The number of fused-ring (bicyclic) bond motifs is 1. The maximum atomic E-state index is 11.9. The van der Waals surface area contributed by atoms with Crippen LogP contribution in [0.4, 0.5) is 5.82 Å². The van der Waals surface area contributed by atoms with Gasteiger partial charge in [-0.25, -0.2) is 14.6 Å². The standard InChI is InChI=1S/C19H22N6O/c1-3-17(26)23-9-11-24(12-10-23)18-16-13-20-25(15-7-5-4-6-8-15)19(16)22-14(2)21-18/h4-8,13H,3,9-12H2,1-2H3. The molecule has 134 valence electrons. The third-order valence-corrected chi connectivity index (χ3v) is 4.76. The van der Waals surface area contributed by atoms with Gasteiger partial charge in [-0.2, -0.15) is 5.10 Å². The lowest BCUT2D eigenvalue weighted by atomic mass is 10.2. The smallest absolute Gasteiger partial charge is 0.222 e. The minimum Gasteiger partial charge on any atom is -0.352 e. The first kappa shape index (κ1) is 16.5. The number of carbonyl (C=O) groups excluding carboxylic acids is 1. The summed E-state index contributed by atoms with van der Waals surface area (Å²) >= 11 is 0. The molecule has 1 amide bonds. The van der Waals surface area contributed by atoms with Crippen LogP contribution >= 0.6 is 0 Å². The fraction of sp³-hybridized carbons (Fsp3) is 0.368. The summed E-state index contributed by atoms with van der Waals surface area (Å²) in [6, 6.07) is 9.98. The normalized spacial score (nSPS) is 14.8. The number of hydrogen-bond acceptors (Lipinski definition) is 5. The summed E-state index contributed by atoms with van der Waals surface area (Å²) < 4.78 is 1.85. The van der Waals surface area contributed by atoms with Crippen LogP contribution in [0.1, 0.15) is 19.2 Å². The fourth-order valence-electron chi connectivity index (χ4n) is 3.39. The molecular weight excluding hydrogens is 328 g/mol. The number of amides is 1. The van der Waals surface area contributed by atoms with Gasteiger partial charge in [-0.3, -0.25) is 4.79 Å². The Labute approximate surface area is 152 Å². The summed E-state index contributed by atoms with van der Waals surface area (Å²) in [6.07, 6.45) is 2.39. The molecule has 1 saturated heterocycles. The summed E-state index contributed by atoms with van der Waals surface area (Å²) in [5, 5.41) is 5.48. The van der Waals surface area contributed by atoms with E-state index in [4.69, 9.17) is 0 Å². The third kappa shape index (κ3) is 2.89. The highest BCUT2D eigenvalue weighted by Crippen LogP contribution is 2.26. The molecule has 1 fully saturated rings. The fourth-order valence-corrected chi connectivity index (χ4v) is 3.39. The Balaban J connectivity index is 1.69. The Bertz CT molecular complexity index is 928. The van der Waals surface area contributed by atoms with Crippen molar-refractivity contribution in [2.75, 3.05) is 31.1 Å². The number of carbonyl (C=O) groups is 1. The highest BCUT2D eigenvalue weighted by Gasteiger charge is 2.24. The van der Waals surface area contributed by atoms with Crippen LogP contribution in [0.5, 0.6) is 0 Å². The molecule has 26 heavy (non-hydrogen) atoms. The van der Waals surface area contributed by atoms with Crippen LogP contribution in [0.2, 0.25) is 0 Å². The van der Waals surface area contributed by atoms with Gasteiger partial charge in [-0.05, 0) is 19.1 Å². The highest BCUT2D eigenvalue weighted by molar-refractivity contribution is 5.88. The van der Waals surface area contributed by atoms with Gasteiger partial charge in [0, 0.05) is 32.6 Å². The minimum absolute atomic E-state index is 0.213. The Hall–Kier alpha value is -2.96. The molecule has 3 heterocycles. The zero-order valence-corrected chi connectivity index (χ0v) is 15.1. The number of nitrogens with zero attached hydrogens (tertiary/aromatic N) is 6. The number of piperazine rings is 1. The lowest BCUT2D eigenvalue weighted by Gasteiger charge is -2.35. The molecule has 0 atom stereocenters. The summed E-state index contributed by atoms with van der Waals surface area (Å²) in [5.41, 5.74) is 1.79. The van der Waals surface area contributed by atoms with Crippen molar-refractivity contribution in [1.82, 2.24) is 24.6 Å². The van der Waals surface area contributed by atoms with E-state index in [2.05, 4.69) is 20.0 Å². The number of aromatic nitrogens is 4. The van der Waals surface area contributed by atoms with Gasteiger partial charge in [-0.15, -0.1) is 0 Å². The quantitative estimate of drug-likeness (QED) is 0.724. The molecule has 0 unspecified atom stereocenters. The van der Waals surface area contributed by atoms with Gasteiger partial charge in [0.15, 0.2) is 5.65 Å². The minimum atomic E-state index is 0.213. The van der Waals surface area contributed by atoms with Crippen molar-refractivity contribution in [3.05, 3.63) is 42.4 Å². The first-order valence-corrected chi connectivity index (χ1v) is 8.98. The van der Waals surface area contributed by atoms with Crippen molar-refractivity contribution in [1.29, 1.82) is 0 Å². The molecule has 0 spiro atoms. The zero-order valence-electron chi connectivity index (χ0n) is 15.1. The molecule has 0 aliphatic carbocycles. The zero-order chi connectivity index (χ0) is 18.1. The van der Waals surface area contributed by atoms with Crippen LogP contribution in [0.3, 0.4) is 0 Å². The number of anilines is 1. The molecule has 0 radical (unpaired) electrons. The molecule has 0 bridgehead atoms. The summed E-state index contributed by atoms with van der Waals surface area (Å²) in [5.74, 6) is 1.83. The SMILES string of the molecule is CCC(=O)N1CCN(c2nc(C)nc3c2cnn3-c2ccccc2)CC1. The molecule has 0 N–H and O–H groups in total. The molecule has 0 saturated carbocycles. The maximum Gasteiger partial charge on any atom is 0.222 e.